The van der Waals surface area contributed by atoms with E-state index >= 15 is 0 Å². The first-order chi connectivity index (χ1) is 12.0. The number of hydrogen-bond donors (Lipinski definition) is 1. The second kappa shape index (κ2) is 16.4. The molecule has 0 aliphatic heterocycles. The van der Waals surface area contributed by atoms with Crippen molar-refractivity contribution < 1.29 is 4.74 Å². The van der Waals surface area contributed by atoms with Gasteiger partial charge in [0.25, 0.3) is 5.17 Å². The predicted molar refractivity (Wildman–Crippen MR) is 116 cm³/mol. The van der Waals surface area contributed by atoms with E-state index in [-0.39, 0.29) is 0 Å². The van der Waals surface area contributed by atoms with Crippen LogP contribution in [0.25, 0.3) is 0 Å². The first kappa shape index (κ1) is 23.9. The van der Waals surface area contributed by atoms with Crippen molar-refractivity contribution in [2.75, 3.05) is 13.2 Å². The van der Waals surface area contributed by atoms with Crippen LogP contribution in [0.15, 0.2) is 34.9 Å². The molecule has 0 heterocycles. The molecule has 0 rings (SSSR count). The van der Waals surface area contributed by atoms with Gasteiger partial charge in [0, 0.05) is 6.54 Å². The van der Waals surface area contributed by atoms with E-state index in [0.29, 0.717) is 11.8 Å². The van der Waals surface area contributed by atoms with Crippen LogP contribution in [0.3, 0.4) is 0 Å². The molecule has 0 aliphatic rings. The van der Waals surface area contributed by atoms with Crippen LogP contribution in [0, 0.1) is 0 Å². The van der Waals surface area contributed by atoms with Gasteiger partial charge in [0.15, 0.2) is 0 Å². The molecular formula is C22H39NOS. The third-order valence-corrected chi connectivity index (χ3v) is 4.33. The van der Waals surface area contributed by atoms with Crippen molar-refractivity contribution in [3.63, 3.8) is 0 Å². The van der Waals surface area contributed by atoms with Gasteiger partial charge in [-0.3, -0.25) is 0 Å². The lowest BCUT2D eigenvalue weighted by Crippen LogP contribution is -2.25. The Kier molecular flexibility index (Phi) is 15.7. The molecule has 3 heteroatoms. The molecule has 0 atom stereocenters. The van der Waals surface area contributed by atoms with Crippen molar-refractivity contribution in [1.82, 2.24) is 5.32 Å². The normalized spacial score (nSPS) is 12.0. The zero-order valence-corrected chi connectivity index (χ0v) is 17.9. The Labute approximate surface area is 161 Å². The molecule has 0 aliphatic carbocycles. The molecule has 25 heavy (non-hydrogen) atoms. The quantitative estimate of drug-likeness (QED) is 0.218. The van der Waals surface area contributed by atoms with Gasteiger partial charge in [-0.15, -0.1) is 0 Å². The monoisotopic (exact) mass is 365 g/mol. The molecule has 0 radical (unpaired) electrons. The van der Waals surface area contributed by atoms with Crippen molar-refractivity contribution >= 4 is 17.4 Å². The van der Waals surface area contributed by atoms with Crippen molar-refractivity contribution in [1.29, 1.82) is 0 Å². The maximum atomic E-state index is 5.54. The Balaban J connectivity index is 3.80. The molecule has 1 N–H and O–H groups in total. The van der Waals surface area contributed by atoms with E-state index in [1.54, 1.807) is 0 Å². The fraction of sp³-hybridized carbons (Fsp3) is 0.682. The summed E-state index contributed by atoms with van der Waals surface area (Å²) in [4.78, 5) is 0. The molecule has 0 saturated heterocycles. The summed E-state index contributed by atoms with van der Waals surface area (Å²) in [6.07, 6.45) is 16.3. The molecule has 2 nitrogen and oxygen atoms in total. The molecule has 0 aromatic heterocycles. The highest BCUT2D eigenvalue weighted by Crippen LogP contribution is 2.11. The molecule has 0 amide bonds. The largest absolute Gasteiger partial charge is 0.467 e. The summed E-state index contributed by atoms with van der Waals surface area (Å²) in [5.41, 5.74) is 4.24. The molecule has 0 unspecified atom stereocenters. The van der Waals surface area contributed by atoms with E-state index in [4.69, 9.17) is 17.0 Å². The standard InChI is InChI=1S/C22H39NOS/c1-6-7-8-9-17-23-22(25)24-18-16-21(5)15-11-14-20(4)13-10-12-19(2)3/h12,14,16H,6-11,13,15,17-18H2,1-5H3,(H,23,25). The zero-order chi connectivity index (χ0) is 18.9. The average Bonchev–Trinajstić information content (AvgIpc) is 2.54. The first-order valence-electron chi connectivity index (χ1n) is 9.81. The minimum absolute atomic E-state index is 0.524. The van der Waals surface area contributed by atoms with Gasteiger partial charge in [0.05, 0.1) is 0 Å². The average molecular weight is 366 g/mol. The third kappa shape index (κ3) is 17.5. The topological polar surface area (TPSA) is 21.3 Å². The number of thiocarbonyl (C=S) groups is 1. The van der Waals surface area contributed by atoms with Crippen LogP contribution in [0.2, 0.25) is 0 Å². The summed E-state index contributed by atoms with van der Waals surface area (Å²) >= 11 is 5.19. The number of hydrogen-bond acceptors (Lipinski definition) is 2. The van der Waals surface area contributed by atoms with Gasteiger partial charge >= 0.3 is 0 Å². The maximum absolute atomic E-state index is 5.54. The summed E-state index contributed by atoms with van der Waals surface area (Å²) in [7, 11) is 0. The van der Waals surface area contributed by atoms with E-state index < -0.39 is 0 Å². The van der Waals surface area contributed by atoms with Gasteiger partial charge in [-0.05, 0) is 78.1 Å². The van der Waals surface area contributed by atoms with E-state index in [0.717, 1.165) is 38.6 Å². The Morgan fingerprint density at radius 2 is 1.52 bits per heavy atom. The van der Waals surface area contributed by atoms with E-state index in [9.17, 15) is 0 Å². The molecular weight excluding hydrogens is 326 g/mol. The van der Waals surface area contributed by atoms with Crippen LogP contribution in [0.4, 0.5) is 0 Å². The Bertz CT molecular complexity index is 445. The van der Waals surface area contributed by atoms with Crippen molar-refractivity contribution in [2.45, 2.75) is 86.0 Å². The number of ether oxygens (including phenoxy) is 1. The highest BCUT2D eigenvalue weighted by Gasteiger charge is 1.96. The number of rotatable bonds is 13. The Hall–Kier alpha value is -1.09. The highest BCUT2D eigenvalue weighted by molar-refractivity contribution is 7.80. The second-order valence-corrected chi connectivity index (χ2v) is 7.42. The highest BCUT2D eigenvalue weighted by atomic mass is 32.1. The van der Waals surface area contributed by atoms with Gasteiger partial charge in [-0.2, -0.15) is 0 Å². The summed E-state index contributed by atoms with van der Waals surface area (Å²) in [5.74, 6) is 0. The van der Waals surface area contributed by atoms with Gasteiger partial charge < -0.3 is 10.1 Å². The van der Waals surface area contributed by atoms with Crippen LogP contribution in [0.1, 0.15) is 86.0 Å². The number of unbranched alkanes of at least 4 members (excludes halogenated alkanes) is 3. The van der Waals surface area contributed by atoms with Crippen LogP contribution in [0.5, 0.6) is 0 Å². The van der Waals surface area contributed by atoms with Gasteiger partial charge in [-0.25, -0.2) is 0 Å². The van der Waals surface area contributed by atoms with Crippen LogP contribution < -0.4 is 5.32 Å². The summed E-state index contributed by atoms with van der Waals surface area (Å²) in [5, 5.41) is 3.69. The lowest BCUT2D eigenvalue weighted by atomic mass is 10.1. The lowest BCUT2D eigenvalue weighted by Gasteiger charge is -2.08. The zero-order valence-electron chi connectivity index (χ0n) is 17.1. The van der Waals surface area contributed by atoms with Crippen molar-refractivity contribution in [3.8, 4) is 0 Å². The molecule has 0 bridgehead atoms. The van der Waals surface area contributed by atoms with E-state index in [1.165, 1.54) is 36.0 Å². The summed E-state index contributed by atoms with van der Waals surface area (Å²) in [6.45, 7) is 12.4. The molecule has 0 aromatic carbocycles. The fourth-order valence-electron chi connectivity index (χ4n) is 2.39. The molecule has 0 fully saturated rings. The van der Waals surface area contributed by atoms with E-state index in [2.05, 4.69) is 58.2 Å². The summed E-state index contributed by atoms with van der Waals surface area (Å²) < 4.78 is 5.54. The lowest BCUT2D eigenvalue weighted by molar-refractivity contribution is 0.340. The predicted octanol–water partition coefficient (Wildman–Crippen LogP) is 6.88. The van der Waals surface area contributed by atoms with Gasteiger partial charge in [0.2, 0.25) is 0 Å². The minimum atomic E-state index is 0.524. The minimum Gasteiger partial charge on any atom is -0.467 e. The van der Waals surface area contributed by atoms with Gasteiger partial charge in [-0.1, -0.05) is 55.1 Å². The second-order valence-electron chi connectivity index (χ2n) is 7.05. The fourth-order valence-corrected chi connectivity index (χ4v) is 2.56. The first-order valence-corrected chi connectivity index (χ1v) is 10.2. The number of allylic oxidation sites excluding steroid dienone is 5. The van der Waals surface area contributed by atoms with Crippen molar-refractivity contribution in [2.24, 2.45) is 0 Å². The van der Waals surface area contributed by atoms with Crippen LogP contribution >= 0.6 is 12.2 Å². The van der Waals surface area contributed by atoms with E-state index in [1.807, 2.05) is 0 Å². The Morgan fingerprint density at radius 3 is 2.16 bits per heavy atom. The smallest absolute Gasteiger partial charge is 0.256 e. The molecule has 144 valence electrons. The number of nitrogens with one attached hydrogen (secondary N) is 1. The Morgan fingerprint density at radius 1 is 0.880 bits per heavy atom. The molecule has 0 aromatic rings. The van der Waals surface area contributed by atoms with Gasteiger partial charge in [0.1, 0.15) is 6.61 Å². The molecule has 0 saturated carbocycles. The van der Waals surface area contributed by atoms with Crippen LogP contribution in [-0.4, -0.2) is 18.3 Å². The van der Waals surface area contributed by atoms with Crippen molar-refractivity contribution in [3.05, 3.63) is 34.9 Å². The SMILES string of the molecule is CCCCCCNC(=S)OCC=C(C)CCC=C(C)CCC=C(C)C. The maximum Gasteiger partial charge on any atom is 0.256 e. The summed E-state index contributed by atoms with van der Waals surface area (Å²) in [6, 6.07) is 0. The third-order valence-electron chi connectivity index (χ3n) is 4.07. The molecule has 0 spiro atoms. The van der Waals surface area contributed by atoms with Crippen LogP contribution in [-0.2, 0) is 4.74 Å².